The van der Waals surface area contributed by atoms with Crippen LogP contribution in [0.3, 0.4) is 0 Å². The summed E-state index contributed by atoms with van der Waals surface area (Å²) >= 11 is 0. The Morgan fingerprint density at radius 2 is 1.44 bits per heavy atom. The SMILES string of the molecule is CN=C(NCc1cc(F)ccc1F)NCc1cc(OC)c(OC)cc1OC. The summed E-state index contributed by atoms with van der Waals surface area (Å²) in [6.07, 6.45) is 0. The molecule has 0 atom stereocenters. The van der Waals surface area contributed by atoms with Crippen LogP contribution in [0.2, 0.25) is 0 Å². The number of benzene rings is 2. The van der Waals surface area contributed by atoms with E-state index in [4.69, 9.17) is 14.2 Å². The lowest BCUT2D eigenvalue weighted by Crippen LogP contribution is -2.36. The van der Waals surface area contributed by atoms with Crippen LogP contribution in [0, 0.1) is 11.6 Å². The Labute approximate surface area is 157 Å². The molecule has 0 aromatic heterocycles. The maximum atomic E-state index is 13.7. The van der Waals surface area contributed by atoms with Gasteiger partial charge in [-0.05, 0) is 24.3 Å². The third-order valence-electron chi connectivity index (χ3n) is 3.91. The van der Waals surface area contributed by atoms with Crippen molar-refractivity contribution in [2.45, 2.75) is 13.1 Å². The van der Waals surface area contributed by atoms with Gasteiger partial charge in [-0.3, -0.25) is 4.99 Å². The van der Waals surface area contributed by atoms with Gasteiger partial charge in [0.15, 0.2) is 17.5 Å². The third kappa shape index (κ3) is 5.22. The summed E-state index contributed by atoms with van der Waals surface area (Å²) in [6, 6.07) is 6.84. The van der Waals surface area contributed by atoms with Crippen molar-refractivity contribution < 1.29 is 23.0 Å². The van der Waals surface area contributed by atoms with Crippen LogP contribution in [-0.4, -0.2) is 34.3 Å². The van der Waals surface area contributed by atoms with Crippen molar-refractivity contribution in [2.24, 2.45) is 4.99 Å². The topological polar surface area (TPSA) is 64.1 Å². The highest BCUT2D eigenvalue weighted by Gasteiger charge is 2.12. The van der Waals surface area contributed by atoms with Crippen molar-refractivity contribution >= 4 is 5.96 Å². The first-order valence-corrected chi connectivity index (χ1v) is 8.19. The second-order valence-electron chi connectivity index (χ2n) is 5.53. The minimum Gasteiger partial charge on any atom is -0.496 e. The smallest absolute Gasteiger partial charge is 0.191 e. The van der Waals surface area contributed by atoms with Gasteiger partial charge in [-0.15, -0.1) is 0 Å². The summed E-state index contributed by atoms with van der Waals surface area (Å²) in [4.78, 5) is 4.08. The highest BCUT2D eigenvalue weighted by atomic mass is 19.1. The first-order valence-electron chi connectivity index (χ1n) is 8.19. The number of nitrogens with zero attached hydrogens (tertiary/aromatic N) is 1. The summed E-state index contributed by atoms with van der Waals surface area (Å²) < 4.78 is 42.9. The average Bonchev–Trinajstić information content (AvgIpc) is 2.69. The van der Waals surface area contributed by atoms with Gasteiger partial charge in [-0.25, -0.2) is 8.78 Å². The number of nitrogens with one attached hydrogen (secondary N) is 2. The molecule has 0 saturated heterocycles. The minimum atomic E-state index is -0.494. The number of aliphatic imine (C=N–C) groups is 1. The average molecular weight is 379 g/mol. The van der Waals surface area contributed by atoms with Gasteiger partial charge >= 0.3 is 0 Å². The number of hydrogen-bond donors (Lipinski definition) is 2. The number of ether oxygens (including phenoxy) is 3. The molecule has 0 saturated carbocycles. The molecule has 0 radical (unpaired) electrons. The zero-order valence-electron chi connectivity index (χ0n) is 15.7. The van der Waals surface area contributed by atoms with Crippen molar-refractivity contribution in [3.05, 3.63) is 53.1 Å². The van der Waals surface area contributed by atoms with Gasteiger partial charge in [-0.2, -0.15) is 0 Å². The summed E-state index contributed by atoms with van der Waals surface area (Å²) in [6.45, 7) is 0.459. The quantitative estimate of drug-likeness (QED) is 0.572. The monoisotopic (exact) mass is 379 g/mol. The normalized spacial score (nSPS) is 11.1. The molecule has 0 spiro atoms. The summed E-state index contributed by atoms with van der Waals surface area (Å²) in [7, 11) is 6.25. The molecule has 2 aromatic rings. The highest BCUT2D eigenvalue weighted by molar-refractivity contribution is 5.79. The van der Waals surface area contributed by atoms with Crippen LogP contribution in [0.1, 0.15) is 11.1 Å². The molecule has 2 aromatic carbocycles. The van der Waals surface area contributed by atoms with Gasteiger partial charge in [0.25, 0.3) is 0 Å². The largest absolute Gasteiger partial charge is 0.496 e. The molecule has 0 aliphatic heterocycles. The van der Waals surface area contributed by atoms with E-state index in [-0.39, 0.29) is 12.1 Å². The fraction of sp³-hybridized carbons (Fsp3) is 0.316. The highest BCUT2D eigenvalue weighted by Crippen LogP contribution is 2.34. The van der Waals surface area contributed by atoms with Crippen molar-refractivity contribution in [1.29, 1.82) is 0 Å². The van der Waals surface area contributed by atoms with Crippen molar-refractivity contribution in [3.63, 3.8) is 0 Å². The van der Waals surface area contributed by atoms with Crippen LogP contribution in [-0.2, 0) is 13.1 Å². The fourth-order valence-corrected chi connectivity index (χ4v) is 2.49. The van der Waals surface area contributed by atoms with Crippen molar-refractivity contribution in [3.8, 4) is 17.2 Å². The van der Waals surface area contributed by atoms with Crippen molar-refractivity contribution in [2.75, 3.05) is 28.4 Å². The van der Waals surface area contributed by atoms with E-state index in [1.807, 2.05) is 0 Å². The Hall–Kier alpha value is -3.03. The molecule has 8 heteroatoms. The standard InChI is InChI=1S/C19H23F2N3O3/c1-22-19(23-10-12-7-14(20)5-6-15(12)21)24-11-13-8-17(26-3)18(27-4)9-16(13)25-2/h5-9H,10-11H2,1-4H3,(H2,22,23,24). The van der Waals surface area contributed by atoms with Gasteiger partial charge in [0.2, 0.25) is 0 Å². The predicted molar refractivity (Wildman–Crippen MR) is 99.5 cm³/mol. The summed E-state index contributed by atoms with van der Waals surface area (Å²) in [5.74, 6) is 1.19. The van der Waals surface area contributed by atoms with Crippen LogP contribution < -0.4 is 24.8 Å². The van der Waals surface area contributed by atoms with E-state index < -0.39 is 11.6 Å². The molecule has 2 rings (SSSR count). The van der Waals surface area contributed by atoms with Gasteiger partial charge in [0.1, 0.15) is 17.4 Å². The van der Waals surface area contributed by atoms with E-state index in [2.05, 4.69) is 15.6 Å². The molecular formula is C19H23F2N3O3. The Morgan fingerprint density at radius 3 is 2.04 bits per heavy atom. The number of methoxy groups -OCH3 is 3. The number of rotatable bonds is 7. The van der Waals surface area contributed by atoms with E-state index in [1.165, 1.54) is 0 Å². The first kappa shape index (κ1) is 20.3. The van der Waals surface area contributed by atoms with Crippen LogP contribution in [0.5, 0.6) is 17.2 Å². The zero-order chi connectivity index (χ0) is 19.8. The maximum Gasteiger partial charge on any atom is 0.191 e. The van der Waals surface area contributed by atoms with E-state index >= 15 is 0 Å². The predicted octanol–water partition coefficient (Wildman–Crippen LogP) is 2.86. The van der Waals surface area contributed by atoms with Crippen LogP contribution in [0.25, 0.3) is 0 Å². The molecule has 27 heavy (non-hydrogen) atoms. The molecule has 146 valence electrons. The Kier molecular flexibility index (Phi) is 7.22. The van der Waals surface area contributed by atoms with Crippen molar-refractivity contribution in [1.82, 2.24) is 10.6 Å². The molecule has 2 N–H and O–H groups in total. The minimum absolute atomic E-state index is 0.0896. The molecule has 0 aliphatic rings. The third-order valence-corrected chi connectivity index (χ3v) is 3.91. The van der Waals surface area contributed by atoms with Gasteiger partial charge < -0.3 is 24.8 Å². The Bertz CT molecular complexity index is 813. The molecule has 0 bridgehead atoms. The molecule has 0 heterocycles. The number of hydrogen-bond acceptors (Lipinski definition) is 4. The second kappa shape index (κ2) is 9.61. The molecule has 0 fully saturated rings. The molecular weight excluding hydrogens is 356 g/mol. The lowest BCUT2D eigenvalue weighted by atomic mass is 10.1. The van der Waals surface area contributed by atoms with E-state index in [9.17, 15) is 8.78 Å². The number of guanidine groups is 1. The van der Waals surface area contributed by atoms with E-state index in [1.54, 1.807) is 40.5 Å². The van der Waals surface area contributed by atoms with E-state index in [0.29, 0.717) is 29.8 Å². The molecule has 0 amide bonds. The lowest BCUT2D eigenvalue weighted by molar-refractivity contribution is 0.347. The molecule has 0 unspecified atom stereocenters. The van der Waals surface area contributed by atoms with Crippen LogP contribution >= 0.6 is 0 Å². The van der Waals surface area contributed by atoms with Crippen LogP contribution in [0.4, 0.5) is 8.78 Å². The number of halogens is 2. The Morgan fingerprint density at radius 1 is 0.852 bits per heavy atom. The fourth-order valence-electron chi connectivity index (χ4n) is 2.49. The van der Waals surface area contributed by atoms with Gasteiger partial charge in [-0.1, -0.05) is 0 Å². The lowest BCUT2D eigenvalue weighted by Gasteiger charge is -2.16. The van der Waals surface area contributed by atoms with Gasteiger partial charge in [0, 0.05) is 37.3 Å². The van der Waals surface area contributed by atoms with E-state index in [0.717, 1.165) is 23.8 Å². The molecule has 0 aliphatic carbocycles. The Balaban J connectivity index is 2.06. The molecule has 6 nitrogen and oxygen atoms in total. The summed E-state index contributed by atoms with van der Waals surface area (Å²) in [5, 5.41) is 6.05. The van der Waals surface area contributed by atoms with Crippen LogP contribution in [0.15, 0.2) is 35.3 Å². The maximum absolute atomic E-state index is 13.7. The zero-order valence-corrected chi connectivity index (χ0v) is 15.7. The van der Waals surface area contributed by atoms with Gasteiger partial charge in [0.05, 0.1) is 21.3 Å². The summed E-state index contributed by atoms with van der Waals surface area (Å²) in [5.41, 5.74) is 1.02. The first-order chi connectivity index (χ1) is 13.0. The second-order valence-corrected chi connectivity index (χ2v) is 5.53.